The molecule has 0 radical (unpaired) electrons. The Bertz CT molecular complexity index is 1190. The molecule has 0 spiro atoms. The van der Waals surface area contributed by atoms with Crippen molar-refractivity contribution in [2.24, 2.45) is 7.05 Å². The molecular weight excluding hydrogens is 440 g/mol. The molecule has 4 rings (SSSR count). The lowest BCUT2D eigenvalue weighted by molar-refractivity contribution is 0.304. The van der Waals surface area contributed by atoms with Crippen molar-refractivity contribution < 1.29 is 4.74 Å². The zero-order valence-electron chi connectivity index (χ0n) is 20.1. The Morgan fingerprint density at radius 2 is 1.44 bits per heavy atom. The van der Waals surface area contributed by atoms with Gasteiger partial charge in [-0.05, 0) is 24.6 Å². The van der Waals surface area contributed by atoms with Crippen LogP contribution in [0.4, 0.5) is 0 Å². The van der Waals surface area contributed by atoms with Gasteiger partial charge in [0.25, 0.3) is 0 Å². The van der Waals surface area contributed by atoms with E-state index in [4.69, 9.17) is 21.3 Å². The first kappa shape index (κ1) is 24.1. The number of aromatic nitrogens is 2. The van der Waals surface area contributed by atoms with E-state index in [2.05, 4.69) is 54.9 Å². The second-order valence-corrected chi connectivity index (χ2v) is 9.09. The van der Waals surface area contributed by atoms with Crippen molar-refractivity contribution >= 4 is 11.6 Å². The van der Waals surface area contributed by atoms with Crippen LogP contribution in [0.25, 0.3) is 33.9 Å². The van der Waals surface area contributed by atoms with E-state index in [0.717, 1.165) is 52.7 Å². The Morgan fingerprint density at radius 3 is 2.12 bits per heavy atom. The molecule has 0 saturated heterocycles. The molecule has 0 bridgehead atoms. The molecule has 0 atom stereocenters. The van der Waals surface area contributed by atoms with E-state index in [1.165, 1.54) is 32.1 Å². The predicted octanol–water partition coefficient (Wildman–Crippen LogP) is 8.81. The highest BCUT2D eigenvalue weighted by Crippen LogP contribution is 2.38. The zero-order valence-corrected chi connectivity index (χ0v) is 20.9. The molecule has 0 amide bonds. The number of nitrogens with zero attached hydrogens (tertiary/aromatic N) is 2. The smallest absolute Gasteiger partial charge is 0.142 e. The topological polar surface area (TPSA) is 27.1 Å². The first-order chi connectivity index (χ1) is 16.7. The quantitative estimate of drug-likeness (QED) is 0.204. The summed E-state index contributed by atoms with van der Waals surface area (Å²) in [4.78, 5) is 5.07. The van der Waals surface area contributed by atoms with Crippen LogP contribution in [0.2, 0.25) is 5.02 Å². The van der Waals surface area contributed by atoms with Crippen LogP contribution in [0.3, 0.4) is 0 Å². The highest BCUT2D eigenvalue weighted by molar-refractivity contribution is 6.33. The molecule has 3 nitrogen and oxygen atoms in total. The van der Waals surface area contributed by atoms with E-state index in [0.29, 0.717) is 5.02 Å². The summed E-state index contributed by atoms with van der Waals surface area (Å²) < 4.78 is 8.11. The summed E-state index contributed by atoms with van der Waals surface area (Å²) in [5.41, 5.74) is 5.12. The summed E-state index contributed by atoms with van der Waals surface area (Å²) in [5, 5.41) is 0.646. The van der Waals surface area contributed by atoms with Gasteiger partial charge in [-0.3, -0.25) is 0 Å². The fraction of sp³-hybridized carbons (Fsp3) is 0.300. The van der Waals surface area contributed by atoms with Crippen molar-refractivity contribution in [3.05, 3.63) is 83.9 Å². The third-order valence-electron chi connectivity index (χ3n) is 6.14. The maximum absolute atomic E-state index is 6.75. The molecule has 0 aliphatic rings. The standard InChI is InChI=1S/C30H33ClN2O/c1-3-4-5-6-7-14-21-34-25-19-20-26(27(31)22-25)30-32-28(23-15-10-8-11-16-23)29(33(30)2)24-17-12-9-13-18-24/h8-13,15-20,22H,3-7,14,21H2,1-2H3. The lowest BCUT2D eigenvalue weighted by Crippen LogP contribution is -1.99. The first-order valence-corrected chi connectivity index (χ1v) is 12.7. The monoisotopic (exact) mass is 472 g/mol. The summed E-state index contributed by atoms with van der Waals surface area (Å²) in [6.45, 7) is 2.97. The Hall–Kier alpha value is -3.04. The van der Waals surface area contributed by atoms with Crippen LogP contribution < -0.4 is 4.74 Å². The minimum absolute atomic E-state index is 0.646. The second kappa shape index (κ2) is 11.9. The minimum atomic E-state index is 0.646. The largest absolute Gasteiger partial charge is 0.494 e. The van der Waals surface area contributed by atoms with Crippen LogP contribution in [-0.4, -0.2) is 16.2 Å². The van der Waals surface area contributed by atoms with Gasteiger partial charge in [0.2, 0.25) is 0 Å². The number of hydrogen-bond donors (Lipinski definition) is 0. The third-order valence-corrected chi connectivity index (χ3v) is 6.45. The highest BCUT2D eigenvalue weighted by atomic mass is 35.5. The number of imidazole rings is 1. The van der Waals surface area contributed by atoms with Gasteiger partial charge >= 0.3 is 0 Å². The van der Waals surface area contributed by atoms with Crippen molar-refractivity contribution in [1.29, 1.82) is 0 Å². The molecule has 0 fully saturated rings. The van der Waals surface area contributed by atoms with Crippen molar-refractivity contribution in [2.75, 3.05) is 6.61 Å². The summed E-state index contributed by atoms with van der Waals surface area (Å²) in [6, 6.07) is 26.6. The molecule has 176 valence electrons. The Labute approximate surface area is 208 Å². The van der Waals surface area contributed by atoms with Gasteiger partial charge in [-0.2, -0.15) is 0 Å². The van der Waals surface area contributed by atoms with E-state index in [1.54, 1.807) is 0 Å². The van der Waals surface area contributed by atoms with E-state index in [-0.39, 0.29) is 0 Å². The molecule has 0 saturated carbocycles. The first-order valence-electron chi connectivity index (χ1n) is 12.3. The fourth-order valence-corrected chi connectivity index (χ4v) is 4.56. The third kappa shape index (κ3) is 5.71. The maximum Gasteiger partial charge on any atom is 0.142 e. The van der Waals surface area contributed by atoms with Gasteiger partial charge in [0, 0.05) is 23.7 Å². The number of ether oxygens (including phenoxy) is 1. The highest BCUT2D eigenvalue weighted by Gasteiger charge is 2.20. The van der Waals surface area contributed by atoms with Crippen molar-refractivity contribution in [2.45, 2.75) is 45.4 Å². The number of rotatable bonds is 11. The lowest BCUT2D eigenvalue weighted by Gasteiger charge is -2.11. The molecule has 4 heteroatoms. The van der Waals surface area contributed by atoms with Gasteiger partial charge in [0.1, 0.15) is 11.6 Å². The Morgan fingerprint density at radius 1 is 0.794 bits per heavy atom. The lowest BCUT2D eigenvalue weighted by atomic mass is 10.1. The van der Waals surface area contributed by atoms with Crippen molar-refractivity contribution in [1.82, 2.24) is 9.55 Å². The Balaban J connectivity index is 1.58. The van der Waals surface area contributed by atoms with E-state index < -0.39 is 0 Å². The molecule has 1 aromatic heterocycles. The molecule has 0 aliphatic heterocycles. The summed E-state index contributed by atoms with van der Waals surface area (Å²) in [6.07, 6.45) is 7.48. The molecule has 0 N–H and O–H groups in total. The number of unbranched alkanes of at least 4 members (excludes halogenated alkanes) is 5. The molecular formula is C30H33ClN2O. The van der Waals surface area contributed by atoms with Crippen LogP contribution in [0.5, 0.6) is 5.75 Å². The van der Waals surface area contributed by atoms with Gasteiger partial charge in [0.05, 0.1) is 23.0 Å². The van der Waals surface area contributed by atoms with Gasteiger partial charge in [0.15, 0.2) is 0 Å². The minimum Gasteiger partial charge on any atom is -0.494 e. The van der Waals surface area contributed by atoms with Gasteiger partial charge in [-0.25, -0.2) is 4.98 Å². The fourth-order valence-electron chi connectivity index (χ4n) is 4.30. The van der Waals surface area contributed by atoms with Crippen LogP contribution in [0.15, 0.2) is 78.9 Å². The van der Waals surface area contributed by atoms with Gasteiger partial charge < -0.3 is 9.30 Å². The average molecular weight is 473 g/mol. The predicted molar refractivity (Wildman–Crippen MR) is 143 cm³/mol. The maximum atomic E-state index is 6.75. The van der Waals surface area contributed by atoms with Crippen molar-refractivity contribution in [3.8, 4) is 39.7 Å². The van der Waals surface area contributed by atoms with E-state index >= 15 is 0 Å². The van der Waals surface area contributed by atoms with Crippen LogP contribution in [0, 0.1) is 0 Å². The Kier molecular flexibility index (Phi) is 8.43. The van der Waals surface area contributed by atoms with Crippen molar-refractivity contribution in [3.63, 3.8) is 0 Å². The normalized spacial score (nSPS) is 11.0. The molecule has 1 heterocycles. The molecule has 0 aliphatic carbocycles. The van der Waals surface area contributed by atoms with E-state index in [1.807, 2.05) is 42.5 Å². The molecule has 0 unspecified atom stereocenters. The van der Waals surface area contributed by atoms with E-state index in [9.17, 15) is 0 Å². The SMILES string of the molecule is CCCCCCCCOc1ccc(-c2nc(-c3ccccc3)c(-c3ccccc3)n2C)c(Cl)c1. The number of halogens is 1. The molecule has 34 heavy (non-hydrogen) atoms. The second-order valence-electron chi connectivity index (χ2n) is 8.68. The number of hydrogen-bond acceptors (Lipinski definition) is 2. The zero-order chi connectivity index (χ0) is 23.8. The summed E-state index contributed by atoms with van der Waals surface area (Å²) in [7, 11) is 2.05. The summed E-state index contributed by atoms with van der Waals surface area (Å²) >= 11 is 6.75. The average Bonchev–Trinajstić information content (AvgIpc) is 3.21. The summed E-state index contributed by atoms with van der Waals surface area (Å²) in [5.74, 6) is 1.65. The molecule has 3 aromatic carbocycles. The van der Waals surface area contributed by atoms with Crippen LogP contribution >= 0.6 is 11.6 Å². The van der Waals surface area contributed by atoms with Crippen LogP contribution in [-0.2, 0) is 7.05 Å². The van der Waals surface area contributed by atoms with Crippen LogP contribution in [0.1, 0.15) is 45.4 Å². The number of benzene rings is 3. The van der Waals surface area contributed by atoms with Gasteiger partial charge in [-0.15, -0.1) is 0 Å². The molecule has 4 aromatic rings. The van der Waals surface area contributed by atoms with Gasteiger partial charge in [-0.1, -0.05) is 111 Å².